The van der Waals surface area contributed by atoms with Gasteiger partial charge in [0.2, 0.25) is 0 Å². The van der Waals surface area contributed by atoms with Crippen molar-refractivity contribution in [3.63, 3.8) is 0 Å². The number of rotatable bonds is 8. The molecule has 0 aliphatic rings. The molecule has 0 radical (unpaired) electrons. The third-order valence-corrected chi connectivity index (χ3v) is 2.94. The van der Waals surface area contributed by atoms with E-state index in [0.717, 1.165) is 12.2 Å². The van der Waals surface area contributed by atoms with Crippen LogP contribution in [0.2, 0.25) is 0 Å². The fraction of sp³-hybridized carbons (Fsp3) is 0.294. The SMILES string of the molecule is NCCc1cccc(OCCOCc2ccccc2)c1. The number of hydrogen-bond acceptors (Lipinski definition) is 3. The maximum Gasteiger partial charge on any atom is 0.119 e. The minimum atomic E-state index is 0.554. The second kappa shape index (κ2) is 8.35. The van der Waals surface area contributed by atoms with Gasteiger partial charge in [-0.3, -0.25) is 0 Å². The predicted molar refractivity (Wildman–Crippen MR) is 80.8 cm³/mol. The second-order valence-electron chi connectivity index (χ2n) is 4.57. The molecule has 0 aliphatic heterocycles. The lowest BCUT2D eigenvalue weighted by Crippen LogP contribution is -2.07. The van der Waals surface area contributed by atoms with Crippen LogP contribution in [0.15, 0.2) is 54.6 Å². The number of ether oxygens (including phenoxy) is 2. The van der Waals surface area contributed by atoms with Gasteiger partial charge in [-0.25, -0.2) is 0 Å². The van der Waals surface area contributed by atoms with Crippen molar-refractivity contribution in [2.24, 2.45) is 5.73 Å². The van der Waals surface area contributed by atoms with Gasteiger partial charge in [-0.2, -0.15) is 0 Å². The standard InChI is InChI=1S/C17H21NO2/c18-10-9-15-7-4-8-17(13-15)20-12-11-19-14-16-5-2-1-3-6-16/h1-8,13H,9-12,14,18H2. The van der Waals surface area contributed by atoms with Gasteiger partial charge < -0.3 is 15.2 Å². The molecule has 2 aromatic rings. The van der Waals surface area contributed by atoms with E-state index in [9.17, 15) is 0 Å². The Balaban J connectivity index is 1.67. The summed E-state index contributed by atoms with van der Waals surface area (Å²) in [6, 6.07) is 18.2. The van der Waals surface area contributed by atoms with Crippen molar-refractivity contribution in [3.05, 3.63) is 65.7 Å². The molecule has 0 amide bonds. The zero-order valence-electron chi connectivity index (χ0n) is 11.6. The van der Waals surface area contributed by atoms with Crippen LogP contribution in [0.5, 0.6) is 5.75 Å². The van der Waals surface area contributed by atoms with E-state index in [2.05, 4.69) is 18.2 Å². The lowest BCUT2D eigenvalue weighted by Gasteiger charge is -2.08. The van der Waals surface area contributed by atoms with E-state index in [1.807, 2.05) is 36.4 Å². The van der Waals surface area contributed by atoms with Crippen molar-refractivity contribution in [2.45, 2.75) is 13.0 Å². The lowest BCUT2D eigenvalue weighted by atomic mass is 10.1. The van der Waals surface area contributed by atoms with Crippen LogP contribution in [0.4, 0.5) is 0 Å². The van der Waals surface area contributed by atoms with Gasteiger partial charge in [0.1, 0.15) is 12.4 Å². The Hall–Kier alpha value is -1.84. The van der Waals surface area contributed by atoms with Crippen LogP contribution in [0, 0.1) is 0 Å². The lowest BCUT2D eigenvalue weighted by molar-refractivity contribution is 0.0889. The Bertz CT molecular complexity index is 499. The fourth-order valence-corrected chi connectivity index (χ4v) is 1.94. The Kier molecular flexibility index (Phi) is 6.08. The van der Waals surface area contributed by atoms with Crippen LogP contribution in [0.25, 0.3) is 0 Å². The molecule has 2 N–H and O–H groups in total. The molecule has 0 spiro atoms. The maximum atomic E-state index is 5.67. The second-order valence-corrected chi connectivity index (χ2v) is 4.57. The first-order valence-electron chi connectivity index (χ1n) is 6.92. The molecule has 0 bridgehead atoms. The molecule has 3 nitrogen and oxygen atoms in total. The van der Waals surface area contributed by atoms with E-state index in [0.29, 0.717) is 26.4 Å². The van der Waals surface area contributed by atoms with Crippen molar-refractivity contribution in [3.8, 4) is 5.75 Å². The topological polar surface area (TPSA) is 44.5 Å². The molecular formula is C17H21NO2. The summed E-state index contributed by atoms with van der Waals surface area (Å²) in [6.07, 6.45) is 0.877. The average molecular weight is 271 g/mol. The highest BCUT2D eigenvalue weighted by atomic mass is 16.5. The first kappa shape index (κ1) is 14.6. The quantitative estimate of drug-likeness (QED) is 0.751. The summed E-state index contributed by atoms with van der Waals surface area (Å²) in [6.45, 7) is 2.41. The normalized spacial score (nSPS) is 10.4. The van der Waals surface area contributed by atoms with Gasteiger partial charge in [0.25, 0.3) is 0 Å². The summed E-state index contributed by atoms with van der Waals surface area (Å²) in [5, 5.41) is 0. The van der Waals surface area contributed by atoms with Crippen LogP contribution in [-0.2, 0) is 17.8 Å². The van der Waals surface area contributed by atoms with Gasteiger partial charge in [0.05, 0.1) is 13.2 Å². The van der Waals surface area contributed by atoms with Gasteiger partial charge in [-0.1, -0.05) is 42.5 Å². The maximum absolute atomic E-state index is 5.67. The minimum Gasteiger partial charge on any atom is -0.491 e. The van der Waals surface area contributed by atoms with E-state index >= 15 is 0 Å². The molecule has 0 saturated carbocycles. The Labute approximate surface area is 120 Å². The van der Waals surface area contributed by atoms with Crippen LogP contribution < -0.4 is 10.5 Å². The molecule has 0 aromatic heterocycles. The monoisotopic (exact) mass is 271 g/mol. The van der Waals surface area contributed by atoms with E-state index in [-0.39, 0.29) is 0 Å². The molecule has 0 fully saturated rings. The van der Waals surface area contributed by atoms with Crippen LogP contribution in [-0.4, -0.2) is 19.8 Å². The third-order valence-electron chi connectivity index (χ3n) is 2.94. The van der Waals surface area contributed by atoms with E-state index < -0.39 is 0 Å². The first-order valence-corrected chi connectivity index (χ1v) is 6.92. The van der Waals surface area contributed by atoms with Gasteiger partial charge >= 0.3 is 0 Å². The molecule has 0 unspecified atom stereocenters. The molecule has 0 aliphatic carbocycles. The summed E-state index contributed by atoms with van der Waals surface area (Å²) >= 11 is 0. The van der Waals surface area contributed by atoms with Crippen LogP contribution in [0.3, 0.4) is 0 Å². The fourth-order valence-electron chi connectivity index (χ4n) is 1.94. The van der Waals surface area contributed by atoms with Gasteiger partial charge in [-0.15, -0.1) is 0 Å². The largest absolute Gasteiger partial charge is 0.491 e. The Morgan fingerprint density at radius 2 is 1.65 bits per heavy atom. The summed E-state index contributed by atoms with van der Waals surface area (Å²) in [5.41, 5.74) is 7.93. The minimum absolute atomic E-state index is 0.554. The van der Waals surface area contributed by atoms with Crippen LogP contribution in [0.1, 0.15) is 11.1 Å². The number of nitrogens with two attached hydrogens (primary N) is 1. The van der Waals surface area contributed by atoms with E-state index in [1.54, 1.807) is 0 Å². The first-order chi connectivity index (χ1) is 9.88. The average Bonchev–Trinajstić information content (AvgIpc) is 2.49. The van der Waals surface area contributed by atoms with Crippen molar-refractivity contribution >= 4 is 0 Å². The molecule has 0 saturated heterocycles. The third kappa shape index (κ3) is 5.03. The zero-order valence-corrected chi connectivity index (χ0v) is 11.6. The van der Waals surface area contributed by atoms with Gasteiger partial charge in [-0.05, 0) is 36.2 Å². The molecule has 0 atom stereocenters. The molecule has 0 heterocycles. The number of benzene rings is 2. The smallest absolute Gasteiger partial charge is 0.119 e. The summed E-state index contributed by atoms with van der Waals surface area (Å²) in [4.78, 5) is 0. The van der Waals surface area contributed by atoms with Crippen molar-refractivity contribution in [2.75, 3.05) is 19.8 Å². The molecule has 106 valence electrons. The van der Waals surface area contributed by atoms with Gasteiger partial charge in [0.15, 0.2) is 0 Å². The highest BCUT2D eigenvalue weighted by Gasteiger charge is 1.97. The summed E-state index contributed by atoms with van der Waals surface area (Å²) in [7, 11) is 0. The molecule has 3 heteroatoms. The Morgan fingerprint density at radius 1 is 0.850 bits per heavy atom. The molecular weight excluding hydrogens is 250 g/mol. The van der Waals surface area contributed by atoms with Crippen molar-refractivity contribution in [1.82, 2.24) is 0 Å². The molecule has 20 heavy (non-hydrogen) atoms. The highest BCUT2D eigenvalue weighted by Crippen LogP contribution is 2.13. The van der Waals surface area contributed by atoms with Gasteiger partial charge in [0, 0.05) is 0 Å². The van der Waals surface area contributed by atoms with E-state index in [4.69, 9.17) is 15.2 Å². The number of hydrogen-bond donors (Lipinski definition) is 1. The Morgan fingerprint density at radius 3 is 2.45 bits per heavy atom. The molecule has 2 aromatic carbocycles. The van der Waals surface area contributed by atoms with Crippen molar-refractivity contribution < 1.29 is 9.47 Å². The summed E-state index contributed by atoms with van der Waals surface area (Å²) in [5.74, 6) is 0.874. The highest BCUT2D eigenvalue weighted by molar-refractivity contribution is 5.28. The van der Waals surface area contributed by atoms with E-state index in [1.165, 1.54) is 11.1 Å². The molecule has 2 rings (SSSR count). The predicted octanol–water partition coefficient (Wildman–Crippen LogP) is 2.78. The van der Waals surface area contributed by atoms with Crippen molar-refractivity contribution in [1.29, 1.82) is 0 Å². The summed E-state index contributed by atoms with van der Waals surface area (Å²) < 4.78 is 11.2. The zero-order chi connectivity index (χ0) is 14.0. The van der Waals surface area contributed by atoms with Crippen LogP contribution >= 0.6 is 0 Å².